The molecule has 2 aliphatic heterocycles. The maximum Gasteiger partial charge on any atom is 0.262 e. The molecule has 0 radical (unpaired) electrons. The molecule has 0 bridgehead atoms. The maximum atomic E-state index is 12.4. The molecule has 0 saturated carbocycles. The molecule has 30 heavy (non-hydrogen) atoms. The van der Waals surface area contributed by atoms with E-state index in [4.69, 9.17) is 0 Å². The van der Waals surface area contributed by atoms with Gasteiger partial charge in [0.2, 0.25) is 12.3 Å². The van der Waals surface area contributed by atoms with Gasteiger partial charge in [0.25, 0.3) is 11.8 Å². The molecule has 2 aromatic rings. The summed E-state index contributed by atoms with van der Waals surface area (Å²) < 4.78 is 0. The Hall–Kier alpha value is -3.81. The van der Waals surface area contributed by atoms with Crippen molar-refractivity contribution in [2.75, 3.05) is 24.5 Å². The molecule has 0 aliphatic carbocycles. The second-order valence-electron chi connectivity index (χ2n) is 7.16. The Bertz CT molecular complexity index is 1040. The van der Waals surface area contributed by atoms with Crippen molar-refractivity contribution in [3.63, 3.8) is 0 Å². The van der Waals surface area contributed by atoms with Crippen LogP contribution in [0.4, 0.5) is 5.69 Å². The first-order valence-corrected chi connectivity index (χ1v) is 9.59. The van der Waals surface area contributed by atoms with Crippen molar-refractivity contribution < 1.29 is 24.0 Å². The van der Waals surface area contributed by atoms with Crippen LogP contribution in [0.5, 0.6) is 0 Å². The number of imide groups is 1. The van der Waals surface area contributed by atoms with Crippen molar-refractivity contribution in [3.8, 4) is 0 Å². The molecule has 4 rings (SSSR count). The van der Waals surface area contributed by atoms with E-state index in [1.165, 1.54) is 0 Å². The van der Waals surface area contributed by atoms with Gasteiger partial charge in [-0.25, -0.2) is 0 Å². The number of benzene rings is 2. The number of fused-ring (bicyclic) bond motifs is 2. The molecule has 0 aromatic heterocycles. The van der Waals surface area contributed by atoms with Crippen LogP contribution >= 0.6 is 0 Å². The summed E-state index contributed by atoms with van der Waals surface area (Å²) in [6.45, 7) is 0.309. The van der Waals surface area contributed by atoms with Crippen LogP contribution in [0.15, 0.2) is 42.5 Å². The van der Waals surface area contributed by atoms with Gasteiger partial charge in [0.05, 0.1) is 11.1 Å². The van der Waals surface area contributed by atoms with Crippen LogP contribution in [-0.4, -0.2) is 54.4 Å². The van der Waals surface area contributed by atoms with E-state index in [1.807, 2.05) is 0 Å². The molecule has 0 saturated heterocycles. The first kappa shape index (κ1) is 19.5. The van der Waals surface area contributed by atoms with E-state index in [0.29, 0.717) is 18.5 Å². The third kappa shape index (κ3) is 3.47. The minimum atomic E-state index is -0.507. The Morgan fingerprint density at radius 2 is 1.73 bits per heavy atom. The number of hydrogen-bond donors (Lipinski definition) is 1. The normalized spacial score (nSPS) is 14.5. The molecule has 0 spiro atoms. The highest BCUT2D eigenvalue weighted by molar-refractivity contribution is 6.22. The fourth-order valence-corrected chi connectivity index (χ4v) is 3.75. The van der Waals surface area contributed by atoms with Gasteiger partial charge in [0.15, 0.2) is 5.78 Å². The number of carbonyl (C=O) groups excluding carboxylic acids is 5. The van der Waals surface area contributed by atoms with Gasteiger partial charge in [-0.1, -0.05) is 12.1 Å². The Labute approximate surface area is 172 Å². The third-order valence-electron chi connectivity index (χ3n) is 5.31. The standard InChI is InChI=1S/C22H19N3O5/c26-13-24-10-8-14-11-15(5-6-18(14)24)19(27)7-9-23-20(28)12-25-21(29)16-3-1-2-4-17(16)22(25)30/h1-6,11,13H,7-10,12H2,(H,23,28). The van der Waals surface area contributed by atoms with Crippen molar-refractivity contribution in [1.82, 2.24) is 10.2 Å². The van der Waals surface area contributed by atoms with Crippen molar-refractivity contribution in [1.29, 1.82) is 0 Å². The van der Waals surface area contributed by atoms with Gasteiger partial charge in [0.1, 0.15) is 6.54 Å². The van der Waals surface area contributed by atoms with Crippen molar-refractivity contribution in [3.05, 3.63) is 64.7 Å². The summed E-state index contributed by atoms with van der Waals surface area (Å²) in [5, 5.41) is 2.59. The molecule has 0 atom stereocenters. The Morgan fingerprint density at radius 3 is 2.40 bits per heavy atom. The lowest BCUT2D eigenvalue weighted by Gasteiger charge is -2.13. The van der Waals surface area contributed by atoms with Crippen LogP contribution < -0.4 is 10.2 Å². The smallest absolute Gasteiger partial charge is 0.262 e. The van der Waals surface area contributed by atoms with Crippen LogP contribution in [0.2, 0.25) is 0 Å². The fraction of sp³-hybridized carbons (Fsp3) is 0.227. The van der Waals surface area contributed by atoms with Gasteiger partial charge in [-0.05, 0) is 42.3 Å². The quantitative estimate of drug-likeness (QED) is 0.423. The number of anilines is 1. The lowest BCUT2D eigenvalue weighted by molar-refractivity contribution is -0.121. The van der Waals surface area contributed by atoms with E-state index in [9.17, 15) is 24.0 Å². The second-order valence-corrected chi connectivity index (χ2v) is 7.16. The maximum absolute atomic E-state index is 12.4. The van der Waals surface area contributed by atoms with E-state index >= 15 is 0 Å². The summed E-state index contributed by atoms with van der Waals surface area (Å²) in [6.07, 6.45) is 1.56. The summed E-state index contributed by atoms with van der Waals surface area (Å²) in [6, 6.07) is 11.6. The molecule has 1 N–H and O–H groups in total. The number of ketones is 1. The van der Waals surface area contributed by atoms with Gasteiger partial charge >= 0.3 is 0 Å². The predicted molar refractivity (Wildman–Crippen MR) is 107 cm³/mol. The molecule has 8 nitrogen and oxygen atoms in total. The molecule has 0 fully saturated rings. The summed E-state index contributed by atoms with van der Waals surface area (Å²) in [4.78, 5) is 62.7. The zero-order chi connectivity index (χ0) is 21.3. The zero-order valence-corrected chi connectivity index (χ0v) is 16.1. The van der Waals surface area contributed by atoms with Gasteiger partial charge in [0, 0.05) is 30.8 Å². The van der Waals surface area contributed by atoms with Gasteiger partial charge < -0.3 is 10.2 Å². The van der Waals surface area contributed by atoms with Crippen molar-refractivity contribution >= 4 is 35.6 Å². The number of carbonyl (C=O) groups is 5. The minimum Gasteiger partial charge on any atom is -0.354 e. The van der Waals surface area contributed by atoms with Crippen LogP contribution in [0.25, 0.3) is 0 Å². The average molecular weight is 405 g/mol. The largest absolute Gasteiger partial charge is 0.354 e. The van der Waals surface area contributed by atoms with E-state index < -0.39 is 17.7 Å². The zero-order valence-electron chi connectivity index (χ0n) is 16.1. The summed E-state index contributed by atoms with van der Waals surface area (Å²) >= 11 is 0. The first-order valence-electron chi connectivity index (χ1n) is 9.59. The lowest BCUT2D eigenvalue weighted by Crippen LogP contribution is -2.40. The second kappa shape index (κ2) is 7.90. The van der Waals surface area contributed by atoms with Gasteiger partial charge in [-0.15, -0.1) is 0 Å². The number of hydrogen-bond acceptors (Lipinski definition) is 5. The first-order chi connectivity index (χ1) is 14.5. The highest BCUT2D eigenvalue weighted by Gasteiger charge is 2.36. The van der Waals surface area contributed by atoms with Gasteiger partial charge in [-0.3, -0.25) is 28.9 Å². The van der Waals surface area contributed by atoms with E-state index in [-0.39, 0.29) is 36.4 Å². The topological polar surface area (TPSA) is 104 Å². The van der Waals surface area contributed by atoms with Gasteiger partial charge in [-0.2, -0.15) is 0 Å². The highest BCUT2D eigenvalue weighted by atomic mass is 16.2. The number of amides is 4. The summed E-state index contributed by atoms with van der Waals surface area (Å²) in [7, 11) is 0. The molecule has 2 aromatic carbocycles. The minimum absolute atomic E-state index is 0.0873. The van der Waals surface area contributed by atoms with E-state index in [1.54, 1.807) is 47.4 Å². The number of rotatable bonds is 7. The Kier molecular flexibility index (Phi) is 5.14. The van der Waals surface area contributed by atoms with Crippen LogP contribution in [0, 0.1) is 0 Å². The lowest BCUT2D eigenvalue weighted by atomic mass is 10.0. The molecule has 2 aliphatic rings. The number of Topliss-reactive ketones (excluding diaryl/α,β-unsaturated/α-hetero) is 1. The van der Waals surface area contributed by atoms with Crippen molar-refractivity contribution in [2.45, 2.75) is 12.8 Å². The molecule has 0 unspecified atom stereocenters. The molecular weight excluding hydrogens is 386 g/mol. The summed E-state index contributed by atoms with van der Waals surface area (Å²) in [5.41, 5.74) is 2.86. The molecule has 8 heteroatoms. The van der Waals surface area contributed by atoms with Crippen molar-refractivity contribution in [2.24, 2.45) is 0 Å². The molecular formula is C22H19N3O5. The highest BCUT2D eigenvalue weighted by Crippen LogP contribution is 2.28. The Balaban J connectivity index is 1.29. The molecule has 152 valence electrons. The SMILES string of the molecule is O=CN1CCc2cc(C(=O)CCNC(=O)CN3C(=O)c4ccccc4C3=O)ccc21. The average Bonchev–Trinajstić information content (AvgIpc) is 3.28. The monoisotopic (exact) mass is 405 g/mol. The molecule has 2 heterocycles. The van der Waals surface area contributed by atoms with E-state index in [2.05, 4.69) is 5.32 Å². The predicted octanol–water partition coefficient (Wildman–Crippen LogP) is 1.19. The van der Waals surface area contributed by atoms with Crippen LogP contribution in [0.1, 0.15) is 43.1 Å². The number of nitrogens with zero attached hydrogens (tertiary/aromatic N) is 2. The molecule has 4 amide bonds. The van der Waals surface area contributed by atoms with Crippen LogP contribution in [0.3, 0.4) is 0 Å². The fourth-order valence-electron chi connectivity index (χ4n) is 3.75. The summed E-state index contributed by atoms with van der Waals surface area (Å²) in [5.74, 6) is -1.63. The van der Waals surface area contributed by atoms with Crippen LogP contribution in [-0.2, 0) is 16.0 Å². The Morgan fingerprint density at radius 1 is 1.03 bits per heavy atom. The number of nitrogens with one attached hydrogen (secondary N) is 1. The third-order valence-corrected chi connectivity index (χ3v) is 5.31. The van der Waals surface area contributed by atoms with E-state index in [0.717, 1.165) is 22.6 Å².